The Labute approximate surface area is 163 Å². The van der Waals surface area contributed by atoms with Crippen molar-refractivity contribution in [1.29, 1.82) is 0 Å². The number of aliphatic hydroxyl groups is 1. The number of allylic oxidation sites excluding steroid dienone is 1. The van der Waals surface area contributed by atoms with Crippen LogP contribution < -0.4 is 10.4 Å². The van der Waals surface area contributed by atoms with Crippen LogP contribution in [-0.4, -0.2) is 26.6 Å². The van der Waals surface area contributed by atoms with Crippen LogP contribution in [0.1, 0.15) is 40.0 Å². The molecule has 0 aromatic heterocycles. The fourth-order valence-electron chi connectivity index (χ4n) is 3.56. The van der Waals surface area contributed by atoms with E-state index in [1.807, 2.05) is 12.1 Å². The van der Waals surface area contributed by atoms with E-state index in [4.69, 9.17) is 9.53 Å². The van der Waals surface area contributed by atoms with Crippen molar-refractivity contribution in [3.8, 4) is 0 Å². The second kappa shape index (κ2) is 9.97. The summed E-state index contributed by atoms with van der Waals surface area (Å²) in [5.41, 5.74) is 0. The minimum atomic E-state index is -2.47. The zero-order valence-electron chi connectivity index (χ0n) is 16.6. The van der Waals surface area contributed by atoms with Gasteiger partial charge in [-0.2, -0.15) is 0 Å². The maximum Gasteiger partial charge on any atom is 0.261 e. The van der Waals surface area contributed by atoms with E-state index in [1.165, 1.54) is 16.4 Å². The van der Waals surface area contributed by atoms with Crippen LogP contribution in [0.25, 0.3) is 0 Å². The molecule has 0 amide bonds. The number of unbranched alkanes of at least 4 members (excludes halogenated alkanes) is 2. The minimum Gasteiger partial charge on any atom is -0.407 e. The van der Waals surface area contributed by atoms with Gasteiger partial charge in [0.1, 0.15) is 5.83 Å². The molecule has 0 atom stereocenters. The lowest BCUT2D eigenvalue weighted by molar-refractivity contribution is 0.287. The lowest BCUT2D eigenvalue weighted by atomic mass is 10.2. The highest BCUT2D eigenvalue weighted by Crippen LogP contribution is 2.36. The molecule has 2 nitrogen and oxygen atoms in total. The van der Waals surface area contributed by atoms with Crippen LogP contribution in [0.2, 0.25) is 5.04 Å². The van der Waals surface area contributed by atoms with Crippen molar-refractivity contribution in [2.75, 3.05) is 13.2 Å². The molecular formula is C23H31FO2Si. The number of hydrogen-bond donors (Lipinski definition) is 1. The molecule has 2 rings (SSSR count). The minimum absolute atomic E-state index is 0.0292. The van der Waals surface area contributed by atoms with Crippen LogP contribution in [-0.2, 0) is 4.43 Å². The summed E-state index contributed by atoms with van der Waals surface area (Å²) in [6, 6.07) is 21.1. The van der Waals surface area contributed by atoms with Gasteiger partial charge < -0.3 is 9.53 Å². The third-order valence-corrected chi connectivity index (χ3v) is 9.89. The van der Waals surface area contributed by atoms with Crippen molar-refractivity contribution in [2.24, 2.45) is 0 Å². The van der Waals surface area contributed by atoms with Gasteiger partial charge >= 0.3 is 0 Å². The van der Waals surface area contributed by atoms with E-state index in [-0.39, 0.29) is 5.04 Å². The fraction of sp³-hybridized carbons (Fsp3) is 0.391. The van der Waals surface area contributed by atoms with E-state index < -0.39 is 20.8 Å². The summed E-state index contributed by atoms with van der Waals surface area (Å²) in [5.74, 6) is -0.456. The molecule has 2 aromatic carbocycles. The first kappa shape index (κ1) is 21.5. The van der Waals surface area contributed by atoms with Crippen LogP contribution in [0, 0.1) is 0 Å². The molecule has 2 aromatic rings. The summed E-state index contributed by atoms with van der Waals surface area (Å²) in [4.78, 5) is 0. The second-order valence-corrected chi connectivity index (χ2v) is 12.1. The summed E-state index contributed by atoms with van der Waals surface area (Å²) < 4.78 is 19.8. The molecule has 0 aliphatic heterocycles. The van der Waals surface area contributed by atoms with Gasteiger partial charge in [-0.15, -0.1) is 0 Å². The Morgan fingerprint density at radius 3 is 1.93 bits per heavy atom. The third kappa shape index (κ3) is 5.38. The van der Waals surface area contributed by atoms with Gasteiger partial charge in [0, 0.05) is 6.61 Å². The summed E-state index contributed by atoms with van der Waals surface area (Å²) in [6.45, 7) is 6.91. The predicted molar refractivity (Wildman–Crippen MR) is 114 cm³/mol. The quantitative estimate of drug-likeness (QED) is 0.505. The number of rotatable bonds is 9. The molecule has 0 fully saturated rings. The maximum atomic E-state index is 13.0. The molecule has 0 heterocycles. The topological polar surface area (TPSA) is 29.5 Å². The van der Waals surface area contributed by atoms with Crippen molar-refractivity contribution in [3.05, 3.63) is 72.6 Å². The van der Waals surface area contributed by atoms with E-state index in [9.17, 15) is 4.39 Å². The normalized spacial score (nSPS) is 13.0. The van der Waals surface area contributed by atoms with Crippen molar-refractivity contribution < 1.29 is 13.9 Å². The Hall–Kier alpha value is -1.75. The molecule has 0 spiro atoms. The SMILES string of the molecule is CC(C)(C)[Si](OCCCC/C=C(/F)CO)(c1ccccc1)c1ccccc1. The molecule has 4 heteroatoms. The fourth-order valence-corrected chi connectivity index (χ4v) is 8.16. The highest BCUT2D eigenvalue weighted by molar-refractivity contribution is 6.99. The number of halogens is 1. The van der Waals surface area contributed by atoms with Gasteiger partial charge in [0.05, 0.1) is 6.61 Å². The van der Waals surface area contributed by atoms with Gasteiger partial charge in [0.25, 0.3) is 8.32 Å². The van der Waals surface area contributed by atoms with Gasteiger partial charge in [-0.1, -0.05) is 87.5 Å². The van der Waals surface area contributed by atoms with Gasteiger partial charge in [-0.25, -0.2) is 4.39 Å². The Bertz CT molecular complexity index is 669. The molecule has 27 heavy (non-hydrogen) atoms. The Balaban J connectivity index is 2.25. The van der Waals surface area contributed by atoms with Crippen LogP contribution >= 0.6 is 0 Å². The van der Waals surface area contributed by atoms with Crippen LogP contribution in [0.5, 0.6) is 0 Å². The first-order chi connectivity index (χ1) is 12.9. The first-order valence-corrected chi connectivity index (χ1v) is 11.5. The standard InChI is InChI=1S/C23H31FO2Si/c1-23(2,3)27(21-14-8-4-9-15-21,22-16-10-5-11-17-22)26-18-12-6-7-13-20(24)19-25/h4-5,8-11,13-17,25H,6-7,12,18-19H2,1-3H3/b20-13+. The molecule has 0 bridgehead atoms. The van der Waals surface area contributed by atoms with E-state index in [0.29, 0.717) is 13.0 Å². The monoisotopic (exact) mass is 386 g/mol. The van der Waals surface area contributed by atoms with Gasteiger partial charge in [0.15, 0.2) is 0 Å². The zero-order valence-corrected chi connectivity index (χ0v) is 17.6. The van der Waals surface area contributed by atoms with Crippen molar-refractivity contribution in [3.63, 3.8) is 0 Å². The molecule has 146 valence electrons. The largest absolute Gasteiger partial charge is 0.407 e. The smallest absolute Gasteiger partial charge is 0.261 e. The van der Waals surface area contributed by atoms with Crippen LogP contribution in [0.4, 0.5) is 4.39 Å². The summed E-state index contributed by atoms with van der Waals surface area (Å²) in [7, 11) is -2.47. The number of benzene rings is 2. The molecule has 0 aliphatic rings. The Morgan fingerprint density at radius 2 is 1.48 bits per heavy atom. The summed E-state index contributed by atoms with van der Waals surface area (Å²) in [5, 5.41) is 11.2. The van der Waals surface area contributed by atoms with E-state index in [1.54, 1.807) is 0 Å². The van der Waals surface area contributed by atoms with Crippen molar-refractivity contribution >= 4 is 18.7 Å². The molecule has 0 saturated heterocycles. The predicted octanol–water partition coefficient (Wildman–Crippen LogP) is 4.58. The third-order valence-electron chi connectivity index (χ3n) is 4.85. The van der Waals surface area contributed by atoms with Gasteiger partial charge in [-0.3, -0.25) is 0 Å². The van der Waals surface area contributed by atoms with Gasteiger partial charge in [-0.05, 0) is 34.7 Å². The maximum absolute atomic E-state index is 13.0. The average molecular weight is 387 g/mol. The summed E-state index contributed by atoms with van der Waals surface area (Å²) >= 11 is 0. The van der Waals surface area contributed by atoms with Gasteiger partial charge in [0.2, 0.25) is 0 Å². The Kier molecular flexibility index (Phi) is 7.96. The van der Waals surface area contributed by atoms with E-state index in [2.05, 4.69) is 69.3 Å². The average Bonchev–Trinajstić information content (AvgIpc) is 2.67. The second-order valence-electron chi connectivity index (χ2n) is 7.82. The lowest BCUT2D eigenvalue weighted by Crippen LogP contribution is -2.66. The molecule has 0 aliphatic carbocycles. The summed E-state index contributed by atoms with van der Waals surface area (Å²) in [6.07, 6.45) is 3.78. The van der Waals surface area contributed by atoms with Crippen molar-refractivity contribution in [2.45, 2.75) is 45.1 Å². The molecule has 0 radical (unpaired) electrons. The lowest BCUT2D eigenvalue weighted by Gasteiger charge is -2.43. The number of aliphatic hydroxyl groups excluding tert-OH is 1. The van der Waals surface area contributed by atoms with Crippen LogP contribution in [0.3, 0.4) is 0 Å². The molecule has 1 N–H and O–H groups in total. The van der Waals surface area contributed by atoms with Crippen LogP contribution in [0.15, 0.2) is 72.6 Å². The molecular weight excluding hydrogens is 355 g/mol. The molecule has 0 unspecified atom stereocenters. The first-order valence-electron chi connectivity index (χ1n) is 9.62. The van der Waals surface area contributed by atoms with E-state index >= 15 is 0 Å². The Morgan fingerprint density at radius 1 is 0.963 bits per heavy atom. The highest BCUT2D eigenvalue weighted by Gasteiger charge is 2.49. The van der Waals surface area contributed by atoms with Crippen molar-refractivity contribution in [1.82, 2.24) is 0 Å². The zero-order chi connectivity index (χ0) is 19.8. The van der Waals surface area contributed by atoms with E-state index in [0.717, 1.165) is 12.8 Å². The highest BCUT2D eigenvalue weighted by atomic mass is 28.4. The molecule has 0 saturated carbocycles. The number of hydrogen-bond acceptors (Lipinski definition) is 2.